The van der Waals surface area contributed by atoms with E-state index in [1.54, 1.807) is 0 Å². The summed E-state index contributed by atoms with van der Waals surface area (Å²) in [6.07, 6.45) is 4.11. The first-order chi connectivity index (χ1) is 9.74. The van der Waals surface area contributed by atoms with Gasteiger partial charge in [-0.05, 0) is 31.4 Å². The molecule has 0 saturated carbocycles. The Morgan fingerprint density at radius 1 is 1.30 bits per heavy atom. The maximum atomic E-state index is 12.3. The second-order valence-electron chi connectivity index (χ2n) is 5.69. The Morgan fingerprint density at radius 2 is 2.05 bits per heavy atom. The molecule has 0 aromatic heterocycles. The lowest BCUT2D eigenvalue weighted by Gasteiger charge is -2.27. The average Bonchev–Trinajstić information content (AvgIpc) is 2.67. The fourth-order valence-electron chi connectivity index (χ4n) is 2.96. The Bertz CT molecular complexity index is 418. The summed E-state index contributed by atoms with van der Waals surface area (Å²) in [5, 5.41) is 3.34. The molecule has 3 nitrogen and oxygen atoms in total. The van der Waals surface area contributed by atoms with Crippen LogP contribution in [0.4, 0.5) is 0 Å². The van der Waals surface area contributed by atoms with Crippen LogP contribution in [0.5, 0.6) is 0 Å². The van der Waals surface area contributed by atoms with Crippen LogP contribution in [0.1, 0.15) is 44.2 Å². The predicted molar refractivity (Wildman–Crippen MR) is 82.5 cm³/mol. The molecular weight excluding hydrogens is 248 g/mol. The van der Waals surface area contributed by atoms with Crippen LogP contribution in [0, 0.1) is 5.92 Å². The molecule has 110 valence electrons. The first kappa shape index (κ1) is 15.0. The molecule has 20 heavy (non-hydrogen) atoms. The summed E-state index contributed by atoms with van der Waals surface area (Å²) in [6.45, 7) is 3.91. The van der Waals surface area contributed by atoms with Crippen LogP contribution in [0.15, 0.2) is 30.3 Å². The summed E-state index contributed by atoms with van der Waals surface area (Å²) in [5.74, 6) is 1.03. The van der Waals surface area contributed by atoms with Crippen molar-refractivity contribution in [3.8, 4) is 0 Å². The Morgan fingerprint density at radius 3 is 2.70 bits per heavy atom. The van der Waals surface area contributed by atoms with E-state index in [9.17, 15) is 4.79 Å². The van der Waals surface area contributed by atoms with Crippen molar-refractivity contribution in [3.63, 3.8) is 0 Å². The molecule has 2 rings (SSSR count). The maximum absolute atomic E-state index is 12.3. The molecule has 1 aromatic carbocycles. The van der Waals surface area contributed by atoms with Gasteiger partial charge >= 0.3 is 0 Å². The zero-order valence-corrected chi connectivity index (χ0v) is 12.6. The molecule has 1 saturated heterocycles. The molecule has 2 atom stereocenters. The summed E-state index contributed by atoms with van der Waals surface area (Å²) in [6, 6.07) is 10.6. The zero-order valence-electron chi connectivity index (χ0n) is 12.6. The van der Waals surface area contributed by atoms with Crippen molar-refractivity contribution in [3.05, 3.63) is 35.9 Å². The minimum Gasteiger partial charge on any atom is -0.341 e. The number of carbonyl (C=O) groups excluding carboxylic acids is 1. The third kappa shape index (κ3) is 3.83. The fraction of sp³-hybridized carbons (Fsp3) is 0.588. The van der Waals surface area contributed by atoms with Gasteiger partial charge in [0.25, 0.3) is 0 Å². The van der Waals surface area contributed by atoms with Crippen LogP contribution in [-0.4, -0.2) is 30.9 Å². The number of hydrogen-bond acceptors (Lipinski definition) is 2. The highest BCUT2D eigenvalue weighted by atomic mass is 16.2. The number of nitrogens with zero attached hydrogens (tertiary/aromatic N) is 1. The first-order valence-corrected chi connectivity index (χ1v) is 7.74. The van der Waals surface area contributed by atoms with Crippen molar-refractivity contribution in [2.45, 2.75) is 38.6 Å². The molecule has 3 heteroatoms. The van der Waals surface area contributed by atoms with Gasteiger partial charge in [0.1, 0.15) is 0 Å². The molecule has 0 aliphatic carbocycles. The third-order valence-electron chi connectivity index (χ3n) is 4.46. The first-order valence-electron chi connectivity index (χ1n) is 7.74. The van der Waals surface area contributed by atoms with Crippen molar-refractivity contribution in [1.29, 1.82) is 0 Å². The van der Waals surface area contributed by atoms with E-state index < -0.39 is 0 Å². The van der Waals surface area contributed by atoms with Gasteiger partial charge in [0.05, 0.1) is 0 Å². The molecule has 0 radical (unpaired) electrons. The maximum Gasteiger partial charge on any atom is 0.222 e. The molecule has 0 spiro atoms. The highest BCUT2D eigenvalue weighted by Crippen LogP contribution is 2.23. The van der Waals surface area contributed by atoms with Crippen molar-refractivity contribution < 1.29 is 4.79 Å². The Balaban J connectivity index is 2.01. The van der Waals surface area contributed by atoms with Crippen molar-refractivity contribution in [2.75, 3.05) is 20.1 Å². The molecule has 2 unspecified atom stereocenters. The van der Waals surface area contributed by atoms with Gasteiger partial charge in [-0.1, -0.05) is 43.7 Å². The molecule has 1 N–H and O–H groups in total. The van der Waals surface area contributed by atoms with Gasteiger partial charge in [0.2, 0.25) is 5.91 Å². The zero-order chi connectivity index (χ0) is 14.4. The number of carbonyl (C=O) groups is 1. The van der Waals surface area contributed by atoms with Gasteiger partial charge in [-0.25, -0.2) is 0 Å². The Kier molecular flexibility index (Phi) is 5.60. The number of hydrogen-bond donors (Lipinski definition) is 1. The van der Waals surface area contributed by atoms with Gasteiger partial charge in [0, 0.05) is 25.6 Å². The third-order valence-corrected chi connectivity index (χ3v) is 4.46. The van der Waals surface area contributed by atoms with Gasteiger partial charge in [-0.2, -0.15) is 0 Å². The number of nitrogens with one attached hydrogen (secondary N) is 1. The van der Waals surface area contributed by atoms with E-state index in [4.69, 9.17) is 0 Å². The van der Waals surface area contributed by atoms with E-state index in [0.29, 0.717) is 18.2 Å². The lowest BCUT2D eigenvalue weighted by Crippen LogP contribution is -2.37. The van der Waals surface area contributed by atoms with Crippen molar-refractivity contribution >= 4 is 5.91 Å². The van der Waals surface area contributed by atoms with E-state index in [2.05, 4.69) is 36.5 Å². The minimum atomic E-state index is 0.221. The van der Waals surface area contributed by atoms with E-state index >= 15 is 0 Å². The molecule has 1 aromatic rings. The average molecular weight is 274 g/mol. The standard InChI is InChI=1S/C17H26N2O/c1-3-14-9-10-17(20)19(12-11-14)13-16(18-2)15-7-5-4-6-8-15/h4-8,14,16,18H,3,9-13H2,1-2H3. The number of amides is 1. The van der Waals surface area contributed by atoms with Crippen LogP contribution >= 0.6 is 0 Å². The molecule has 1 aliphatic rings. The molecule has 0 bridgehead atoms. The van der Waals surface area contributed by atoms with Crippen LogP contribution in [0.2, 0.25) is 0 Å². The summed E-state index contributed by atoms with van der Waals surface area (Å²) in [5.41, 5.74) is 1.25. The highest BCUT2D eigenvalue weighted by Gasteiger charge is 2.23. The second-order valence-corrected chi connectivity index (χ2v) is 5.69. The summed E-state index contributed by atoms with van der Waals surface area (Å²) < 4.78 is 0. The van der Waals surface area contributed by atoms with Crippen LogP contribution < -0.4 is 5.32 Å². The number of likely N-dealkylation sites (N-methyl/N-ethyl adjacent to an activating group) is 1. The number of rotatable bonds is 5. The van der Waals surface area contributed by atoms with Crippen LogP contribution in [0.25, 0.3) is 0 Å². The quantitative estimate of drug-likeness (QED) is 0.895. The Labute approximate surface area is 122 Å². The molecular formula is C17H26N2O. The van der Waals surface area contributed by atoms with Gasteiger partial charge < -0.3 is 10.2 Å². The van der Waals surface area contributed by atoms with Gasteiger partial charge in [-0.3, -0.25) is 4.79 Å². The highest BCUT2D eigenvalue weighted by molar-refractivity contribution is 5.76. The van der Waals surface area contributed by atoms with Crippen LogP contribution in [0.3, 0.4) is 0 Å². The van der Waals surface area contributed by atoms with E-state index in [0.717, 1.165) is 25.9 Å². The Hall–Kier alpha value is -1.35. The number of benzene rings is 1. The van der Waals surface area contributed by atoms with Gasteiger partial charge in [-0.15, -0.1) is 0 Å². The summed E-state index contributed by atoms with van der Waals surface area (Å²) in [4.78, 5) is 14.3. The minimum absolute atomic E-state index is 0.221. The lowest BCUT2D eigenvalue weighted by molar-refractivity contribution is -0.131. The molecule has 1 aliphatic heterocycles. The second kappa shape index (κ2) is 7.44. The molecule has 1 heterocycles. The SMILES string of the molecule is CCC1CCC(=O)N(CC(NC)c2ccccc2)CC1. The molecule has 1 amide bonds. The molecule has 1 fully saturated rings. The van der Waals surface area contributed by atoms with Crippen molar-refractivity contribution in [2.24, 2.45) is 5.92 Å². The van der Waals surface area contributed by atoms with E-state index in [1.807, 2.05) is 18.0 Å². The lowest BCUT2D eigenvalue weighted by atomic mass is 9.98. The summed E-state index contributed by atoms with van der Waals surface area (Å²) in [7, 11) is 1.97. The predicted octanol–water partition coefficient (Wildman–Crippen LogP) is 2.99. The normalized spacial score (nSPS) is 21.6. The van der Waals surface area contributed by atoms with Crippen LogP contribution in [-0.2, 0) is 4.79 Å². The largest absolute Gasteiger partial charge is 0.341 e. The summed E-state index contributed by atoms with van der Waals surface area (Å²) >= 11 is 0. The van der Waals surface area contributed by atoms with Gasteiger partial charge in [0.15, 0.2) is 0 Å². The topological polar surface area (TPSA) is 32.3 Å². The fourth-order valence-corrected chi connectivity index (χ4v) is 2.96. The monoisotopic (exact) mass is 274 g/mol. The van der Waals surface area contributed by atoms with Crippen molar-refractivity contribution in [1.82, 2.24) is 10.2 Å². The van der Waals surface area contributed by atoms with E-state index in [1.165, 1.54) is 12.0 Å². The van der Waals surface area contributed by atoms with E-state index in [-0.39, 0.29) is 6.04 Å². The number of likely N-dealkylation sites (tertiary alicyclic amines) is 1. The smallest absolute Gasteiger partial charge is 0.222 e.